The number of sulfonamides is 1. The number of rotatable bonds is 4. The molecule has 2 saturated heterocycles. The summed E-state index contributed by atoms with van der Waals surface area (Å²) in [7, 11) is -1.88. The summed E-state index contributed by atoms with van der Waals surface area (Å²) in [5, 5.41) is 2.78. The molecular formula is C16H21N3O4S. The molecule has 1 amide bonds. The minimum Gasteiger partial charge on any atom is -0.381 e. The van der Waals surface area contributed by atoms with Crippen molar-refractivity contribution in [3.8, 4) is 0 Å². The zero-order valence-corrected chi connectivity index (χ0v) is 14.4. The molecule has 0 saturated carbocycles. The molecule has 1 unspecified atom stereocenters. The third-order valence-corrected chi connectivity index (χ3v) is 5.60. The first-order valence-electron chi connectivity index (χ1n) is 7.99. The molecule has 0 aromatic heterocycles. The maximum absolute atomic E-state index is 12.4. The zero-order valence-electron chi connectivity index (χ0n) is 13.6. The van der Waals surface area contributed by atoms with Crippen molar-refractivity contribution in [2.75, 3.05) is 32.1 Å². The molecule has 130 valence electrons. The number of nitrogens with one attached hydrogen (secondary N) is 1. The molecule has 0 radical (unpaired) electrons. The molecule has 8 heteroatoms. The molecule has 1 atom stereocenters. The van der Waals surface area contributed by atoms with E-state index in [4.69, 9.17) is 4.74 Å². The van der Waals surface area contributed by atoms with Gasteiger partial charge < -0.3 is 15.0 Å². The number of hydrogen-bond donors (Lipinski definition) is 1. The molecule has 0 spiro atoms. The van der Waals surface area contributed by atoms with E-state index in [9.17, 15) is 13.2 Å². The van der Waals surface area contributed by atoms with Crippen molar-refractivity contribution in [3.63, 3.8) is 0 Å². The van der Waals surface area contributed by atoms with Crippen molar-refractivity contribution in [3.05, 3.63) is 24.3 Å². The highest BCUT2D eigenvalue weighted by atomic mass is 32.2. The standard InChI is InChI=1S/C16H21N3O4S/c1-19-9-2-3-15(19)18-24(21,22)14-6-4-13(5-7-14)17-16(20)12-8-10-23-11-12/h4-7,12H,2-3,8-11H2,1H3,(H,17,20)/b18-15+. The van der Waals surface area contributed by atoms with Crippen LogP contribution in [0.15, 0.2) is 33.6 Å². The molecule has 1 aromatic rings. The quantitative estimate of drug-likeness (QED) is 0.887. The monoisotopic (exact) mass is 351 g/mol. The third-order valence-electron chi connectivity index (χ3n) is 4.28. The van der Waals surface area contributed by atoms with Gasteiger partial charge in [-0.05, 0) is 37.1 Å². The average Bonchev–Trinajstić information content (AvgIpc) is 3.20. The van der Waals surface area contributed by atoms with Crippen LogP contribution in [0.25, 0.3) is 0 Å². The van der Waals surface area contributed by atoms with Crippen LogP contribution in [0.3, 0.4) is 0 Å². The number of hydrogen-bond acceptors (Lipinski definition) is 4. The number of amidine groups is 1. The number of benzene rings is 1. The molecule has 2 aliphatic rings. The van der Waals surface area contributed by atoms with Gasteiger partial charge in [-0.2, -0.15) is 8.42 Å². The van der Waals surface area contributed by atoms with Crippen LogP contribution in [-0.4, -0.2) is 51.9 Å². The van der Waals surface area contributed by atoms with Crippen molar-refractivity contribution >= 4 is 27.5 Å². The summed E-state index contributed by atoms with van der Waals surface area (Å²) in [4.78, 5) is 14.0. The molecule has 0 aliphatic carbocycles. The Morgan fingerprint density at radius 3 is 2.67 bits per heavy atom. The first-order chi connectivity index (χ1) is 11.5. The smallest absolute Gasteiger partial charge is 0.283 e. The number of ether oxygens (including phenoxy) is 1. The highest BCUT2D eigenvalue weighted by Gasteiger charge is 2.24. The molecular weight excluding hydrogens is 330 g/mol. The van der Waals surface area contributed by atoms with Gasteiger partial charge in [0.05, 0.1) is 17.4 Å². The van der Waals surface area contributed by atoms with Crippen LogP contribution in [0, 0.1) is 5.92 Å². The predicted octanol–water partition coefficient (Wildman–Crippen LogP) is 1.47. The van der Waals surface area contributed by atoms with Crippen LogP contribution >= 0.6 is 0 Å². The Bertz CT molecular complexity index is 737. The summed E-state index contributed by atoms with van der Waals surface area (Å²) < 4.78 is 33.8. The van der Waals surface area contributed by atoms with Gasteiger partial charge in [-0.3, -0.25) is 4.79 Å². The van der Waals surface area contributed by atoms with Gasteiger partial charge >= 0.3 is 0 Å². The second kappa shape index (κ2) is 6.90. The van der Waals surface area contributed by atoms with E-state index < -0.39 is 10.0 Å². The molecule has 7 nitrogen and oxygen atoms in total. The van der Waals surface area contributed by atoms with Gasteiger partial charge in [0.1, 0.15) is 5.84 Å². The van der Waals surface area contributed by atoms with Gasteiger partial charge in [0.2, 0.25) is 5.91 Å². The van der Waals surface area contributed by atoms with E-state index in [0.717, 1.165) is 13.0 Å². The molecule has 24 heavy (non-hydrogen) atoms. The molecule has 2 fully saturated rings. The zero-order chi connectivity index (χ0) is 17.2. The van der Waals surface area contributed by atoms with E-state index >= 15 is 0 Å². The SMILES string of the molecule is CN1CCC/C1=N\S(=O)(=O)c1ccc(NC(=O)C2CCOC2)cc1. The molecule has 1 N–H and O–H groups in total. The van der Waals surface area contributed by atoms with Gasteiger partial charge in [-0.15, -0.1) is 4.40 Å². The van der Waals surface area contributed by atoms with Crippen molar-refractivity contribution in [1.29, 1.82) is 0 Å². The van der Waals surface area contributed by atoms with E-state index in [2.05, 4.69) is 9.71 Å². The summed E-state index contributed by atoms with van der Waals surface area (Å²) in [5.74, 6) is 0.349. The Hall–Kier alpha value is -1.93. The van der Waals surface area contributed by atoms with Crippen LogP contribution in [0.1, 0.15) is 19.3 Å². The Balaban J connectivity index is 1.70. The lowest BCUT2D eigenvalue weighted by molar-refractivity contribution is -0.119. The van der Waals surface area contributed by atoms with Gasteiger partial charge in [-0.25, -0.2) is 0 Å². The van der Waals surface area contributed by atoms with Crippen LogP contribution in [-0.2, 0) is 19.6 Å². The highest BCUT2D eigenvalue weighted by Crippen LogP contribution is 2.20. The van der Waals surface area contributed by atoms with Crippen molar-refractivity contribution in [2.45, 2.75) is 24.2 Å². The Kier molecular flexibility index (Phi) is 4.86. The molecule has 0 bridgehead atoms. The second-order valence-electron chi connectivity index (χ2n) is 6.08. The molecule has 2 heterocycles. The van der Waals surface area contributed by atoms with Crippen molar-refractivity contribution < 1.29 is 17.9 Å². The van der Waals surface area contributed by atoms with Crippen LogP contribution in [0.4, 0.5) is 5.69 Å². The first-order valence-corrected chi connectivity index (χ1v) is 9.43. The maximum Gasteiger partial charge on any atom is 0.283 e. The summed E-state index contributed by atoms with van der Waals surface area (Å²) in [6.07, 6.45) is 2.30. The second-order valence-corrected chi connectivity index (χ2v) is 7.69. The fraction of sp³-hybridized carbons (Fsp3) is 0.500. The highest BCUT2D eigenvalue weighted by molar-refractivity contribution is 7.90. The van der Waals surface area contributed by atoms with Crippen molar-refractivity contribution in [2.24, 2.45) is 10.3 Å². The molecule has 2 aliphatic heterocycles. The minimum atomic E-state index is -3.72. The van der Waals surface area contributed by atoms with E-state index in [0.29, 0.717) is 37.6 Å². The summed E-state index contributed by atoms with van der Waals surface area (Å²) in [6, 6.07) is 6.10. The average molecular weight is 351 g/mol. The largest absolute Gasteiger partial charge is 0.381 e. The Morgan fingerprint density at radius 2 is 2.08 bits per heavy atom. The fourth-order valence-corrected chi connectivity index (χ4v) is 3.89. The van der Waals surface area contributed by atoms with Gasteiger partial charge in [-0.1, -0.05) is 0 Å². The first kappa shape index (κ1) is 16.9. The van der Waals surface area contributed by atoms with E-state index in [1.165, 1.54) is 12.1 Å². The van der Waals surface area contributed by atoms with E-state index in [-0.39, 0.29) is 16.7 Å². The number of amides is 1. The number of anilines is 1. The van der Waals surface area contributed by atoms with Gasteiger partial charge in [0, 0.05) is 32.3 Å². The summed E-state index contributed by atoms with van der Waals surface area (Å²) in [5.41, 5.74) is 0.566. The minimum absolute atomic E-state index is 0.101. The fourth-order valence-electron chi connectivity index (χ4n) is 2.80. The van der Waals surface area contributed by atoms with E-state index in [1.54, 1.807) is 12.1 Å². The predicted molar refractivity (Wildman–Crippen MR) is 90.5 cm³/mol. The lowest BCUT2D eigenvalue weighted by Gasteiger charge is -2.11. The summed E-state index contributed by atoms with van der Waals surface area (Å²) >= 11 is 0. The van der Waals surface area contributed by atoms with Gasteiger partial charge in [0.25, 0.3) is 10.0 Å². The Labute approximate surface area is 141 Å². The van der Waals surface area contributed by atoms with Crippen LogP contribution < -0.4 is 5.32 Å². The number of likely N-dealkylation sites (tertiary alicyclic amines) is 1. The lowest BCUT2D eigenvalue weighted by Crippen LogP contribution is -2.22. The molecule has 1 aromatic carbocycles. The van der Waals surface area contributed by atoms with Gasteiger partial charge in [0.15, 0.2) is 0 Å². The van der Waals surface area contributed by atoms with Crippen LogP contribution in [0.2, 0.25) is 0 Å². The topological polar surface area (TPSA) is 88.1 Å². The number of carbonyl (C=O) groups excluding carboxylic acids is 1. The molecule has 3 rings (SSSR count). The maximum atomic E-state index is 12.4. The third kappa shape index (κ3) is 3.76. The van der Waals surface area contributed by atoms with Crippen LogP contribution in [0.5, 0.6) is 0 Å². The number of nitrogens with zero attached hydrogens (tertiary/aromatic N) is 2. The van der Waals surface area contributed by atoms with E-state index in [1.807, 2.05) is 11.9 Å². The number of carbonyl (C=O) groups is 1. The lowest BCUT2D eigenvalue weighted by atomic mass is 10.1. The van der Waals surface area contributed by atoms with Crippen molar-refractivity contribution in [1.82, 2.24) is 4.90 Å². The summed E-state index contributed by atoms with van der Waals surface area (Å²) in [6.45, 7) is 1.86. The normalized spacial score (nSPS) is 23.0. The Morgan fingerprint density at radius 1 is 1.33 bits per heavy atom.